The molecule has 0 amide bonds. The van der Waals surface area contributed by atoms with E-state index in [0.29, 0.717) is 35.8 Å². The van der Waals surface area contributed by atoms with Gasteiger partial charge in [0.25, 0.3) is 0 Å². The van der Waals surface area contributed by atoms with Crippen LogP contribution < -0.4 is 4.90 Å². The highest BCUT2D eigenvalue weighted by molar-refractivity contribution is 5.80. The Labute approximate surface area is 233 Å². The lowest BCUT2D eigenvalue weighted by atomic mass is 9.92. The number of rotatable bonds is 2. The zero-order chi connectivity index (χ0) is 27.9. The first kappa shape index (κ1) is 26.5. The van der Waals surface area contributed by atoms with Crippen LogP contribution in [0.3, 0.4) is 0 Å². The van der Waals surface area contributed by atoms with Crippen LogP contribution in [0.1, 0.15) is 56.4 Å². The first-order chi connectivity index (χ1) is 19.3. The molecule has 8 bridgehead atoms. The molecule has 40 heavy (non-hydrogen) atoms. The van der Waals surface area contributed by atoms with E-state index in [0.717, 1.165) is 67.8 Å². The summed E-state index contributed by atoms with van der Waals surface area (Å²) in [6.45, 7) is 6.99. The van der Waals surface area contributed by atoms with Crippen molar-refractivity contribution in [2.45, 2.75) is 64.2 Å². The van der Waals surface area contributed by atoms with Crippen molar-refractivity contribution in [3.63, 3.8) is 0 Å². The standard InChI is InChI=1S/C30H36N6O4/c1-20-26(27(37)29(38)39-3)28-34-15-11-30(2,12-16-34)40-17-6-4-5-13-35-14-10-23(32-35)21-8-7-9-22(18-21)24-19-25(31-20)36(28)33-24/h7-10,14,18-19,27,37H,4-6,11-13,15-17H2,1-3H3/t27-/m0/s1. The van der Waals surface area contributed by atoms with Crippen LogP contribution in [-0.4, -0.2) is 67.9 Å². The Bertz CT molecular complexity index is 1530. The van der Waals surface area contributed by atoms with Gasteiger partial charge in [-0.05, 0) is 58.1 Å². The van der Waals surface area contributed by atoms with E-state index in [9.17, 15) is 9.90 Å². The molecule has 0 unspecified atom stereocenters. The van der Waals surface area contributed by atoms with Gasteiger partial charge in [0.05, 0.1) is 29.7 Å². The second-order valence-electron chi connectivity index (χ2n) is 11.1. The number of hydrogen-bond donors (Lipinski definition) is 1. The van der Waals surface area contributed by atoms with Crippen LogP contribution >= 0.6 is 0 Å². The van der Waals surface area contributed by atoms with E-state index in [-0.39, 0.29) is 5.60 Å². The van der Waals surface area contributed by atoms with E-state index in [1.807, 2.05) is 42.1 Å². The van der Waals surface area contributed by atoms with Gasteiger partial charge in [0.2, 0.25) is 0 Å². The predicted molar refractivity (Wildman–Crippen MR) is 151 cm³/mol. The zero-order valence-electron chi connectivity index (χ0n) is 23.3. The van der Waals surface area contributed by atoms with Crippen LogP contribution in [0.5, 0.6) is 0 Å². The molecule has 0 aliphatic carbocycles. The number of aryl methyl sites for hydroxylation is 2. The summed E-state index contributed by atoms with van der Waals surface area (Å²) < 4.78 is 15.1. The number of aromatic nitrogens is 5. The van der Waals surface area contributed by atoms with E-state index < -0.39 is 12.1 Å². The summed E-state index contributed by atoms with van der Waals surface area (Å²) in [5.41, 5.74) is 5.01. The topological polar surface area (TPSA) is 107 Å². The molecular formula is C30H36N6O4. The van der Waals surface area contributed by atoms with Gasteiger partial charge < -0.3 is 19.5 Å². The molecule has 1 N–H and O–H groups in total. The molecule has 1 atom stereocenters. The van der Waals surface area contributed by atoms with Crippen LogP contribution in [0.4, 0.5) is 5.82 Å². The van der Waals surface area contributed by atoms with Crippen molar-refractivity contribution in [1.29, 1.82) is 0 Å². The van der Waals surface area contributed by atoms with Gasteiger partial charge in [-0.25, -0.2) is 9.78 Å². The maximum atomic E-state index is 12.5. The van der Waals surface area contributed by atoms with Crippen LogP contribution in [0.15, 0.2) is 42.6 Å². The van der Waals surface area contributed by atoms with Crippen molar-refractivity contribution in [1.82, 2.24) is 24.4 Å². The highest BCUT2D eigenvalue weighted by Crippen LogP contribution is 2.36. The van der Waals surface area contributed by atoms with E-state index >= 15 is 0 Å². The molecular weight excluding hydrogens is 508 g/mol. The molecule has 1 aromatic carbocycles. The molecule has 210 valence electrons. The van der Waals surface area contributed by atoms with Crippen LogP contribution in [-0.2, 0) is 20.8 Å². The minimum atomic E-state index is -1.47. The van der Waals surface area contributed by atoms with Crippen molar-refractivity contribution in [3.8, 4) is 22.5 Å². The average Bonchev–Trinajstić information content (AvgIpc) is 3.61. The van der Waals surface area contributed by atoms with Crippen molar-refractivity contribution in [2.24, 2.45) is 0 Å². The Kier molecular flexibility index (Phi) is 7.06. The molecule has 3 aliphatic heterocycles. The van der Waals surface area contributed by atoms with E-state index in [4.69, 9.17) is 24.7 Å². The summed E-state index contributed by atoms with van der Waals surface area (Å²) >= 11 is 0. The van der Waals surface area contributed by atoms with Gasteiger partial charge in [0.15, 0.2) is 11.8 Å². The number of carbonyl (C=O) groups is 1. The lowest BCUT2D eigenvalue weighted by Gasteiger charge is -2.41. The molecule has 3 aliphatic rings. The number of esters is 1. The minimum Gasteiger partial charge on any atom is -0.467 e. The quantitative estimate of drug-likeness (QED) is 0.372. The first-order valence-electron chi connectivity index (χ1n) is 14.0. The number of piperidine rings is 1. The Morgan fingerprint density at radius 1 is 1.05 bits per heavy atom. The molecule has 7 rings (SSSR count). The fourth-order valence-corrected chi connectivity index (χ4v) is 5.79. The fraction of sp³-hybridized carbons (Fsp3) is 0.467. The molecule has 10 heteroatoms. The van der Waals surface area contributed by atoms with Gasteiger partial charge in [-0.2, -0.15) is 14.7 Å². The number of fused-ring (bicyclic) bond motifs is 7. The second-order valence-corrected chi connectivity index (χ2v) is 11.1. The summed E-state index contributed by atoms with van der Waals surface area (Å²) in [6.07, 6.45) is 5.33. The van der Waals surface area contributed by atoms with Gasteiger partial charge in [-0.3, -0.25) is 4.68 Å². The molecule has 6 heterocycles. The Morgan fingerprint density at radius 2 is 1.82 bits per heavy atom. The summed E-state index contributed by atoms with van der Waals surface area (Å²) in [6, 6.07) is 12.2. The number of anilines is 1. The summed E-state index contributed by atoms with van der Waals surface area (Å²) in [7, 11) is 1.28. The van der Waals surface area contributed by atoms with E-state index in [2.05, 4.69) is 24.0 Å². The summed E-state index contributed by atoms with van der Waals surface area (Å²) in [5.74, 6) is -0.0605. The van der Waals surface area contributed by atoms with Gasteiger partial charge in [-0.1, -0.05) is 18.2 Å². The smallest absolute Gasteiger partial charge is 0.339 e. The number of aliphatic hydroxyl groups is 1. The number of hydrogen-bond acceptors (Lipinski definition) is 8. The molecule has 1 fully saturated rings. The van der Waals surface area contributed by atoms with Gasteiger partial charge in [0, 0.05) is 55.3 Å². The van der Waals surface area contributed by atoms with Gasteiger partial charge >= 0.3 is 5.97 Å². The number of ether oxygens (including phenoxy) is 2. The van der Waals surface area contributed by atoms with Crippen molar-refractivity contribution >= 4 is 17.4 Å². The Morgan fingerprint density at radius 3 is 2.60 bits per heavy atom. The lowest BCUT2D eigenvalue weighted by molar-refractivity contribution is -0.150. The monoisotopic (exact) mass is 544 g/mol. The second kappa shape index (κ2) is 10.7. The van der Waals surface area contributed by atoms with Crippen molar-refractivity contribution < 1.29 is 19.4 Å². The minimum absolute atomic E-state index is 0.230. The lowest BCUT2D eigenvalue weighted by Crippen LogP contribution is -2.45. The SMILES string of the molecule is COC(=O)[C@@H](O)c1c(C)nc2cc3nn2c1N1CCC(C)(CC1)OCCCCCn1ccc(n1)-c1cccc-3c1. The average molecular weight is 545 g/mol. The molecule has 3 aromatic heterocycles. The molecule has 0 radical (unpaired) electrons. The molecule has 0 saturated carbocycles. The maximum absolute atomic E-state index is 12.5. The molecule has 4 aromatic rings. The van der Waals surface area contributed by atoms with Crippen molar-refractivity contribution in [3.05, 3.63) is 53.9 Å². The van der Waals surface area contributed by atoms with Gasteiger partial charge in [-0.15, -0.1) is 0 Å². The van der Waals surface area contributed by atoms with E-state index in [1.165, 1.54) is 7.11 Å². The number of aliphatic hydroxyl groups excluding tert-OH is 1. The largest absolute Gasteiger partial charge is 0.467 e. The molecule has 10 nitrogen and oxygen atoms in total. The Balaban J connectivity index is 1.49. The number of carbonyl (C=O) groups excluding carboxylic acids is 1. The van der Waals surface area contributed by atoms with Crippen LogP contribution in [0, 0.1) is 6.92 Å². The predicted octanol–water partition coefficient (Wildman–Crippen LogP) is 4.33. The molecule has 0 spiro atoms. The third-order valence-corrected chi connectivity index (χ3v) is 8.20. The fourth-order valence-electron chi connectivity index (χ4n) is 5.79. The van der Waals surface area contributed by atoms with Gasteiger partial charge in [0.1, 0.15) is 5.82 Å². The maximum Gasteiger partial charge on any atom is 0.339 e. The Hall–Kier alpha value is -3.76. The summed E-state index contributed by atoms with van der Waals surface area (Å²) in [5, 5.41) is 20.8. The summed E-state index contributed by atoms with van der Waals surface area (Å²) in [4.78, 5) is 19.5. The number of benzene rings is 1. The highest BCUT2D eigenvalue weighted by atomic mass is 16.5. The normalized spacial score (nSPS) is 18.1. The highest BCUT2D eigenvalue weighted by Gasteiger charge is 2.35. The van der Waals surface area contributed by atoms with E-state index in [1.54, 1.807) is 4.52 Å². The third kappa shape index (κ3) is 4.97. The van der Waals surface area contributed by atoms with Crippen molar-refractivity contribution in [2.75, 3.05) is 31.7 Å². The molecule has 1 saturated heterocycles. The number of methoxy groups -OCH3 is 1. The number of nitrogens with zero attached hydrogens (tertiary/aromatic N) is 6. The zero-order valence-corrected chi connectivity index (χ0v) is 23.3. The van der Waals surface area contributed by atoms with Crippen LogP contribution in [0.2, 0.25) is 0 Å². The first-order valence-corrected chi connectivity index (χ1v) is 14.0. The third-order valence-electron chi connectivity index (χ3n) is 8.20. The van der Waals surface area contributed by atoms with Crippen LogP contribution in [0.25, 0.3) is 28.2 Å².